The van der Waals surface area contributed by atoms with E-state index >= 15 is 0 Å². The highest BCUT2D eigenvalue weighted by Gasteiger charge is 2.11. The van der Waals surface area contributed by atoms with Crippen LogP contribution in [-0.2, 0) is 11.2 Å². The first-order valence-corrected chi connectivity index (χ1v) is 7.77. The van der Waals surface area contributed by atoms with E-state index in [0.717, 1.165) is 6.42 Å². The zero-order chi connectivity index (χ0) is 17.4. The second kappa shape index (κ2) is 8.79. The van der Waals surface area contributed by atoms with Gasteiger partial charge in [0.05, 0.1) is 6.61 Å². The summed E-state index contributed by atoms with van der Waals surface area (Å²) in [7, 11) is 1.56. The number of aryl methyl sites for hydroxylation is 1. The average molecular weight is 327 g/mol. The summed E-state index contributed by atoms with van der Waals surface area (Å²) in [4.78, 5) is 28.3. The molecule has 0 aliphatic heterocycles. The monoisotopic (exact) mass is 327 g/mol. The maximum absolute atomic E-state index is 12.3. The number of aromatic nitrogens is 1. The first-order valence-electron chi connectivity index (χ1n) is 7.77. The zero-order valence-electron chi connectivity index (χ0n) is 13.8. The number of carbonyl (C=O) groups is 2. The molecule has 6 heteroatoms. The molecule has 2 N–H and O–H groups in total. The van der Waals surface area contributed by atoms with Crippen LogP contribution in [0, 0.1) is 0 Å². The molecule has 0 aliphatic rings. The Balaban J connectivity index is 2.03. The quantitative estimate of drug-likeness (QED) is 0.765. The number of nitrogens with zero attached hydrogens (tertiary/aromatic N) is 1. The number of nitrogens with one attached hydrogen (secondary N) is 2. The third-order valence-corrected chi connectivity index (χ3v) is 3.47. The van der Waals surface area contributed by atoms with Gasteiger partial charge in [-0.1, -0.05) is 19.1 Å². The summed E-state index contributed by atoms with van der Waals surface area (Å²) >= 11 is 0. The Morgan fingerprint density at radius 3 is 2.54 bits per heavy atom. The minimum absolute atomic E-state index is 0.195. The Hall–Kier alpha value is -2.73. The van der Waals surface area contributed by atoms with E-state index in [9.17, 15) is 9.59 Å². The fourth-order valence-corrected chi connectivity index (χ4v) is 2.08. The molecule has 126 valence electrons. The third kappa shape index (κ3) is 4.89. The molecule has 2 rings (SSSR count). The van der Waals surface area contributed by atoms with Crippen molar-refractivity contribution in [1.82, 2.24) is 10.3 Å². The number of amides is 2. The molecule has 1 aromatic carbocycles. The number of ether oxygens (including phenoxy) is 1. The smallest absolute Gasteiger partial charge is 0.269 e. The fourth-order valence-electron chi connectivity index (χ4n) is 2.08. The first kappa shape index (κ1) is 17.6. The molecule has 0 spiro atoms. The minimum Gasteiger partial charge on any atom is -0.383 e. The van der Waals surface area contributed by atoms with Crippen LogP contribution < -0.4 is 10.6 Å². The summed E-state index contributed by atoms with van der Waals surface area (Å²) in [5.74, 6) is -0.624. The van der Waals surface area contributed by atoms with Gasteiger partial charge in [0.2, 0.25) is 0 Å². The lowest BCUT2D eigenvalue weighted by atomic mass is 10.1. The van der Waals surface area contributed by atoms with E-state index < -0.39 is 0 Å². The number of hydrogen-bond donors (Lipinski definition) is 2. The summed E-state index contributed by atoms with van der Waals surface area (Å²) in [5.41, 5.74) is 2.48. The number of anilines is 1. The predicted molar refractivity (Wildman–Crippen MR) is 92.2 cm³/mol. The second-order valence-corrected chi connectivity index (χ2v) is 5.18. The predicted octanol–water partition coefficient (Wildman–Crippen LogP) is 2.27. The number of benzene rings is 1. The van der Waals surface area contributed by atoms with Gasteiger partial charge in [-0.3, -0.25) is 14.6 Å². The molecule has 0 atom stereocenters. The van der Waals surface area contributed by atoms with Crippen LogP contribution in [0.2, 0.25) is 0 Å². The molecule has 0 aliphatic carbocycles. The van der Waals surface area contributed by atoms with E-state index in [-0.39, 0.29) is 17.5 Å². The molecule has 2 amide bonds. The zero-order valence-corrected chi connectivity index (χ0v) is 13.8. The van der Waals surface area contributed by atoms with E-state index in [1.807, 2.05) is 24.3 Å². The van der Waals surface area contributed by atoms with Crippen LogP contribution in [0.5, 0.6) is 0 Å². The standard InChI is InChI=1S/C18H21N3O3/c1-3-13-4-6-15(7-5-13)21-17(22)14-8-9-19-16(12-14)18(23)20-10-11-24-2/h4-9,12H,3,10-11H2,1-2H3,(H,20,23)(H,21,22). The molecule has 0 saturated heterocycles. The number of carbonyl (C=O) groups excluding carboxylic acids is 2. The van der Waals surface area contributed by atoms with Gasteiger partial charge < -0.3 is 15.4 Å². The summed E-state index contributed by atoms with van der Waals surface area (Å²) in [5, 5.41) is 5.48. The molecular formula is C18H21N3O3. The molecule has 0 fully saturated rings. The van der Waals surface area contributed by atoms with E-state index in [0.29, 0.717) is 24.4 Å². The highest BCUT2D eigenvalue weighted by atomic mass is 16.5. The number of pyridine rings is 1. The van der Waals surface area contributed by atoms with Gasteiger partial charge >= 0.3 is 0 Å². The SMILES string of the molecule is CCc1ccc(NC(=O)c2ccnc(C(=O)NCCOC)c2)cc1. The van der Waals surface area contributed by atoms with Gasteiger partial charge in [-0.2, -0.15) is 0 Å². The Morgan fingerprint density at radius 2 is 1.88 bits per heavy atom. The molecule has 2 aromatic rings. The van der Waals surface area contributed by atoms with Gasteiger partial charge in [-0.05, 0) is 36.2 Å². The van der Waals surface area contributed by atoms with Crippen molar-refractivity contribution in [2.24, 2.45) is 0 Å². The third-order valence-electron chi connectivity index (χ3n) is 3.47. The number of hydrogen-bond acceptors (Lipinski definition) is 4. The molecule has 1 heterocycles. The van der Waals surface area contributed by atoms with Crippen molar-refractivity contribution in [3.05, 3.63) is 59.4 Å². The summed E-state index contributed by atoms with van der Waals surface area (Å²) in [6.07, 6.45) is 2.39. The Kier molecular flexibility index (Phi) is 6.45. The van der Waals surface area contributed by atoms with Crippen LogP contribution in [-0.4, -0.2) is 37.1 Å². The first-order chi connectivity index (χ1) is 11.6. The summed E-state index contributed by atoms with van der Waals surface area (Å²) in [6, 6.07) is 10.7. The molecular weight excluding hydrogens is 306 g/mol. The van der Waals surface area contributed by atoms with Gasteiger partial charge in [0.1, 0.15) is 5.69 Å². The van der Waals surface area contributed by atoms with Gasteiger partial charge in [0, 0.05) is 31.1 Å². The second-order valence-electron chi connectivity index (χ2n) is 5.18. The van der Waals surface area contributed by atoms with Crippen LogP contribution in [0.4, 0.5) is 5.69 Å². The highest BCUT2D eigenvalue weighted by molar-refractivity contribution is 6.05. The van der Waals surface area contributed by atoms with E-state index in [1.165, 1.54) is 17.8 Å². The van der Waals surface area contributed by atoms with Crippen molar-refractivity contribution >= 4 is 17.5 Å². The normalized spacial score (nSPS) is 10.2. The number of methoxy groups -OCH3 is 1. The average Bonchev–Trinajstić information content (AvgIpc) is 2.62. The molecule has 6 nitrogen and oxygen atoms in total. The Labute approximate surface area is 141 Å². The minimum atomic E-state index is -0.339. The van der Waals surface area contributed by atoms with Gasteiger partial charge in [0.25, 0.3) is 11.8 Å². The molecule has 0 bridgehead atoms. The van der Waals surface area contributed by atoms with Crippen LogP contribution in [0.1, 0.15) is 33.3 Å². The van der Waals surface area contributed by atoms with Gasteiger partial charge in [0.15, 0.2) is 0 Å². The Bertz CT molecular complexity index is 699. The van der Waals surface area contributed by atoms with Crippen molar-refractivity contribution in [3.8, 4) is 0 Å². The van der Waals surface area contributed by atoms with Crippen molar-refractivity contribution in [2.75, 3.05) is 25.6 Å². The Morgan fingerprint density at radius 1 is 1.12 bits per heavy atom. The maximum Gasteiger partial charge on any atom is 0.269 e. The molecule has 0 saturated carbocycles. The van der Waals surface area contributed by atoms with Crippen LogP contribution in [0.15, 0.2) is 42.6 Å². The van der Waals surface area contributed by atoms with Crippen molar-refractivity contribution in [3.63, 3.8) is 0 Å². The highest BCUT2D eigenvalue weighted by Crippen LogP contribution is 2.12. The largest absolute Gasteiger partial charge is 0.383 e. The molecule has 24 heavy (non-hydrogen) atoms. The fraction of sp³-hybridized carbons (Fsp3) is 0.278. The van der Waals surface area contributed by atoms with Gasteiger partial charge in [-0.25, -0.2) is 0 Å². The lowest BCUT2D eigenvalue weighted by molar-refractivity contribution is 0.0932. The molecule has 1 aromatic heterocycles. The van der Waals surface area contributed by atoms with Crippen molar-refractivity contribution in [1.29, 1.82) is 0 Å². The maximum atomic E-state index is 12.3. The number of rotatable bonds is 7. The lowest BCUT2D eigenvalue weighted by Crippen LogP contribution is -2.28. The van der Waals surface area contributed by atoms with E-state index in [1.54, 1.807) is 13.2 Å². The lowest BCUT2D eigenvalue weighted by Gasteiger charge is -2.08. The topological polar surface area (TPSA) is 80.3 Å². The summed E-state index contributed by atoms with van der Waals surface area (Å²) < 4.78 is 4.87. The van der Waals surface area contributed by atoms with Crippen LogP contribution in [0.3, 0.4) is 0 Å². The molecule has 0 unspecified atom stereocenters. The van der Waals surface area contributed by atoms with Crippen molar-refractivity contribution < 1.29 is 14.3 Å². The van der Waals surface area contributed by atoms with Crippen LogP contribution in [0.25, 0.3) is 0 Å². The molecule has 0 radical (unpaired) electrons. The van der Waals surface area contributed by atoms with E-state index in [4.69, 9.17) is 4.74 Å². The van der Waals surface area contributed by atoms with Crippen LogP contribution >= 0.6 is 0 Å². The summed E-state index contributed by atoms with van der Waals surface area (Å²) in [6.45, 7) is 2.88. The van der Waals surface area contributed by atoms with Gasteiger partial charge in [-0.15, -0.1) is 0 Å². The van der Waals surface area contributed by atoms with Crippen molar-refractivity contribution in [2.45, 2.75) is 13.3 Å². The van der Waals surface area contributed by atoms with E-state index in [2.05, 4.69) is 22.5 Å².